The van der Waals surface area contributed by atoms with Crippen LogP contribution in [0.1, 0.15) is 135 Å². The van der Waals surface area contributed by atoms with E-state index in [1.165, 1.54) is 109 Å². The van der Waals surface area contributed by atoms with Crippen LogP contribution < -0.4 is 14.7 Å². The summed E-state index contributed by atoms with van der Waals surface area (Å²) in [4.78, 5) is 31.5. The van der Waals surface area contributed by atoms with Crippen LogP contribution in [0.25, 0.3) is 0 Å². The van der Waals surface area contributed by atoms with E-state index in [9.17, 15) is 14.7 Å². The largest absolute Gasteiger partial charge is 2.00 e. The Morgan fingerprint density at radius 3 is 0.852 bits per heavy atom. The summed E-state index contributed by atoms with van der Waals surface area (Å²) >= 11 is 0. The minimum Gasteiger partial charge on any atom is -0.688 e. The Morgan fingerprint density at radius 1 is 0.407 bits per heavy atom. The van der Waals surface area contributed by atoms with Crippen molar-refractivity contribution in [3.05, 3.63) is 0 Å². The number of hydrogen-bond acceptors (Lipinski definition) is 3. The monoisotopic (exact) mass is 478 g/mol. The van der Waals surface area contributed by atoms with Gasteiger partial charge in [-0.1, -0.05) is 122 Å². The summed E-state index contributed by atoms with van der Waals surface area (Å²) in [5.74, 6) is 0. The molecule has 0 aliphatic rings. The quantitative estimate of drug-likeness (QED) is 0.158. The molecule has 0 aromatic heterocycles. The molecule has 160 valence electrons. The normalized spacial score (nSPS) is 11.6. The minimum absolute atomic E-state index is 0. The van der Waals surface area contributed by atoms with Crippen molar-refractivity contribution >= 4 is 7.94 Å². The molecule has 0 spiro atoms. The predicted molar refractivity (Wildman–Crippen MR) is 110 cm³/mol. The van der Waals surface area contributed by atoms with Gasteiger partial charge in [0.15, 0.2) is 0 Å². The van der Waals surface area contributed by atoms with Gasteiger partial charge in [0.25, 0.3) is 0 Å². The molecule has 0 aromatic rings. The molecule has 0 fully saturated rings. The number of unbranched alkanes of at least 4 members (excludes halogenated alkanes) is 19. The molecular formula is C22H45O3PZr. The van der Waals surface area contributed by atoms with E-state index in [2.05, 4.69) is 6.92 Å². The topological polar surface area (TPSA) is 69.2 Å². The van der Waals surface area contributed by atoms with Crippen molar-refractivity contribution in [3.63, 3.8) is 0 Å². The first kappa shape index (κ1) is 30.4. The molecule has 0 atom stereocenters. The first-order valence-corrected chi connectivity index (χ1v) is 13.3. The minimum atomic E-state index is -4.26. The fraction of sp³-hybridized carbons (Fsp3) is 1.00. The van der Waals surface area contributed by atoms with Crippen molar-refractivity contribution < 1.29 is 40.9 Å². The van der Waals surface area contributed by atoms with Crippen molar-refractivity contribution in [1.29, 1.82) is 0 Å². The summed E-state index contributed by atoms with van der Waals surface area (Å²) in [7, 11) is -4.26. The molecular weight excluding hydrogens is 434 g/mol. The average Bonchev–Trinajstić information content (AvgIpc) is 2.59. The standard InChI is InChI=1S/C22H47O3P.Zr/c1-2-3-4-5-6-7-8-9-10-11-12-13-14-15-16-17-18-19-20-21-22-26(23,24)25;/h2-22H2,1H3,(H2,23,24,25);/q;+2/p-2. The fourth-order valence-electron chi connectivity index (χ4n) is 3.56. The van der Waals surface area contributed by atoms with E-state index < -0.39 is 7.94 Å². The third-order valence-corrected chi connectivity index (χ3v) is 6.15. The molecule has 5 heteroatoms. The molecule has 0 aliphatic carbocycles. The zero-order valence-electron chi connectivity index (χ0n) is 18.0. The van der Waals surface area contributed by atoms with Crippen LogP contribution in [0.4, 0.5) is 0 Å². The van der Waals surface area contributed by atoms with Crippen LogP contribution in [0.5, 0.6) is 0 Å². The summed E-state index contributed by atoms with van der Waals surface area (Å²) in [6.45, 7) is 2.28. The van der Waals surface area contributed by atoms with Gasteiger partial charge in [-0.05, 0) is 12.8 Å². The van der Waals surface area contributed by atoms with Gasteiger partial charge in [0.05, 0.1) is 0 Å². The summed E-state index contributed by atoms with van der Waals surface area (Å²) in [5, 5.41) is 0. The van der Waals surface area contributed by atoms with Crippen molar-refractivity contribution in [2.24, 2.45) is 0 Å². The molecule has 3 nitrogen and oxygen atoms in total. The maximum Gasteiger partial charge on any atom is 2.00 e. The second-order valence-electron chi connectivity index (χ2n) is 8.05. The summed E-state index contributed by atoms with van der Waals surface area (Å²) in [6.07, 6.45) is 25.8. The molecule has 0 heterocycles. The Bertz CT molecular complexity index is 273. The molecule has 27 heavy (non-hydrogen) atoms. The Balaban J connectivity index is 0. The van der Waals surface area contributed by atoms with Crippen LogP contribution in [0.3, 0.4) is 0 Å². The van der Waals surface area contributed by atoms with Gasteiger partial charge < -0.3 is 14.7 Å². The molecule has 0 rings (SSSR count). The first-order valence-electron chi connectivity index (χ1n) is 11.6. The summed E-state index contributed by atoms with van der Waals surface area (Å²) in [5.41, 5.74) is 0. The predicted octanol–water partition coefficient (Wildman–Crippen LogP) is 5.65. The second kappa shape index (κ2) is 23.5. The van der Waals surface area contributed by atoms with Crippen LogP contribution in [-0.4, -0.2) is 6.16 Å². The van der Waals surface area contributed by atoms with Gasteiger partial charge in [0, 0.05) is 6.16 Å². The molecule has 0 aromatic carbocycles. The summed E-state index contributed by atoms with van der Waals surface area (Å²) < 4.78 is 0. The van der Waals surface area contributed by atoms with Crippen molar-refractivity contribution in [3.8, 4) is 0 Å². The van der Waals surface area contributed by atoms with Crippen molar-refractivity contribution in [1.82, 2.24) is 0 Å². The van der Waals surface area contributed by atoms with E-state index >= 15 is 0 Å². The second-order valence-corrected chi connectivity index (χ2v) is 9.72. The molecule has 0 amide bonds. The molecule has 0 aliphatic heterocycles. The van der Waals surface area contributed by atoms with Gasteiger partial charge in [-0.2, -0.15) is 7.94 Å². The zero-order valence-corrected chi connectivity index (χ0v) is 21.4. The Labute approximate surface area is 189 Å². The Morgan fingerprint density at radius 2 is 0.630 bits per heavy atom. The fourth-order valence-corrected chi connectivity index (χ4v) is 4.17. The van der Waals surface area contributed by atoms with Gasteiger partial charge in [0.2, 0.25) is 0 Å². The van der Waals surface area contributed by atoms with Crippen LogP contribution in [-0.2, 0) is 26.2 Å². The molecule has 0 N–H and O–H groups in total. The van der Waals surface area contributed by atoms with Crippen molar-refractivity contribution in [2.75, 3.05) is 6.16 Å². The van der Waals surface area contributed by atoms with E-state index in [0.717, 1.165) is 12.8 Å². The zero-order chi connectivity index (χ0) is 19.3. The van der Waals surface area contributed by atoms with Gasteiger partial charge in [-0.3, -0.25) is 0 Å². The molecule has 0 radical (unpaired) electrons. The molecule has 0 unspecified atom stereocenters. The van der Waals surface area contributed by atoms with E-state index in [-0.39, 0.29) is 32.4 Å². The van der Waals surface area contributed by atoms with Gasteiger partial charge in [-0.15, -0.1) is 0 Å². The Hall–Kier alpha value is 1.19. The SMILES string of the molecule is CCCCCCCCCCCCCCCCCCCCCC[P+]([O-])([O-])[O-].[Zr+2]. The summed E-state index contributed by atoms with van der Waals surface area (Å²) in [6, 6.07) is 0. The third-order valence-electron chi connectivity index (χ3n) is 5.29. The first-order chi connectivity index (χ1) is 12.6. The third kappa shape index (κ3) is 29.5. The Kier molecular flexibility index (Phi) is 26.4. The van der Waals surface area contributed by atoms with Crippen LogP contribution in [0.15, 0.2) is 0 Å². The van der Waals surface area contributed by atoms with Gasteiger partial charge >= 0.3 is 26.2 Å². The van der Waals surface area contributed by atoms with E-state index in [1.807, 2.05) is 0 Å². The van der Waals surface area contributed by atoms with Crippen LogP contribution in [0.2, 0.25) is 0 Å². The molecule has 0 saturated carbocycles. The van der Waals surface area contributed by atoms with Crippen LogP contribution in [0, 0.1) is 0 Å². The molecule has 0 bridgehead atoms. The van der Waals surface area contributed by atoms with E-state index in [1.54, 1.807) is 0 Å². The maximum atomic E-state index is 10.5. The average molecular weight is 480 g/mol. The van der Waals surface area contributed by atoms with E-state index in [0.29, 0.717) is 6.42 Å². The van der Waals surface area contributed by atoms with Gasteiger partial charge in [0.1, 0.15) is 0 Å². The van der Waals surface area contributed by atoms with Crippen molar-refractivity contribution in [2.45, 2.75) is 135 Å². The maximum absolute atomic E-state index is 10.5. The van der Waals surface area contributed by atoms with E-state index in [4.69, 9.17) is 0 Å². The molecule has 0 saturated heterocycles. The number of hydrogen-bond donors (Lipinski definition) is 0. The number of rotatable bonds is 21. The van der Waals surface area contributed by atoms with Gasteiger partial charge in [-0.25, -0.2) is 0 Å². The van der Waals surface area contributed by atoms with Crippen LogP contribution >= 0.6 is 7.94 Å². The smallest absolute Gasteiger partial charge is 0.688 e.